The maximum absolute atomic E-state index is 11.7. The quantitative estimate of drug-likeness (QED) is 0.742. The van der Waals surface area contributed by atoms with Crippen molar-refractivity contribution in [3.63, 3.8) is 0 Å². The van der Waals surface area contributed by atoms with Crippen LogP contribution in [-0.4, -0.2) is 40.8 Å². The van der Waals surface area contributed by atoms with Crippen LogP contribution in [0.4, 0.5) is 0 Å². The molecular formula is C12H24N2O2S. The van der Waals surface area contributed by atoms with Crippen LogP contribution in [-0.2, 0) is 15.6 Å². The molecule has 0 radical (unpaired) electrons. The van der Waals surface area contributed by atoms with E-state index in [1.165, 1.54) is 19.3 Å². The van der Waals surface area contributed by atoms with Gasteiger partial charge in [0.05, 0.1) is 6.54 Å². The van der Waals surface area contributed by atoms with E-state index in [1.54, 1.807) is 6.26 Å². The van der Waals surface area contributed by atoms with Crippen molar-refractivity contribution in [2.75, 3.05) is 18.6 Å². The molecule has 1 aliphatic rings. The largest absolute Gasteiger partial charge is 0.352 e. The highest BCUT2D eigenvalue weighted by molar-refractivity contribution is 7.84. The van der Waals surface area contributed by atoms with Gasteiger partial charge in [0.2, 0.25) is 5.91 Å². The molecule has 5 heteroatoms. The monoisotopic (exact) mass is 260 g/mol. The fourth-order valence-corrected chi connectivity index (χ4v) is 3.03. The first-order valence-electron chi connectivity index (χ1n) is 6.40. The summed E-state index contributed by atoms with van der Waals surface area (Å²) in [5.74, 6) is 0.655. The molecule has 0 aliphatic heterocycles. The summed E-state index contributed by atoms with van der Waals surface area (Å²) in [5, 5.41) is 6.15. The fraction of sp³-hybridized carbons (Fsp3) is 0.917. The molecule has 4 nitrogen and oxygen atoms in total. The predicted octanol–water partition coefficient (Wildman–Crippen LogP) is 0.792. The first-order valence-corrected chi connectivity index (χ1v) is 8.13. The molecule has 17 heavy (non-hydrogen) atoms. The van der Waals surface area contributed by atoms with Crippen LogP contribution in [0.1, 0.15) is 39.0 Å². The van der Waals surface area contributed by atoms with Crippen LogP contribution in [0.25, 0.3) is 0 Å². The minimum atomic E-state index is -0.811. The highest BCUT2D eigenvalue weighted by Gasteiger charge is 2.15. The highest BCUT2D eigenvalue weighted by atomic mass is 32.2. The summed E-state index contributed by atoms with van der Waals surface area (Å²) < 4.78 is 11.0. The van der Waals surface area contributed by atoms with Gasteiger partial charge >= 0.3 is 0 Å². The third kappa shape index (κ3) is 6.78. The van der Waals surface area contributed by atoms with E-state index in [0.717, 1.165) is 12.8 Å². The van der Waals surface area contributed by atoms with E-state index in [9.17, 15) is 9.00 Å². The van der Waals surface area contributed by atoms with Crippen molar-refractivity contribution in [2.24, 2.45) is 0 Å². The smallest absolute Gasteiger partial charge is 0.234 e. The van der Waals surface area contributed by atoms with Crippen LogP contribution in [0.5, 0.6) is 0 Å². The maximum atomic E-state index is 11.7. The van der Waals surface area contributed by atoms with E-state index in [2.05, 4.69) is 10.6 Å². The number of hydrogen-bond acceptors (Lipinski definition) is 3. The molecule has 2 N–H and O–H groups in total. The highest BCUT2D eigenvalue weighted by Crippen LogP contribution is 2.16. The molecule has 0 spiro atoms. The van der Waals surface area contributed by atoms with Crippen molar-refractivity contribution < 1.29 is 9.00 Å². The normalized spacial score (nSPS) is 20.8. The molecular weight excluding hydrogens is 236 g/mol. The van der Waals surface area contributed by atoms with E-state index >= 15 is 0 Å². The number of carbonyl (C=O) groups excluding carboxylic acids is 1. The van der Waals surface area contributed by atoms with Crippen molar-refractivity contribution in [1.29, 1.82) is 0 Å². The second-order valence-corrected chi connectivity index (χ2v) is 6.40. The molecule has 0 aromatic rings. The van der Waals surface area contributed by atoms with Crippen LogP contribution < -0.4 is 10.6 Å². The van der Waals surface area contributed by atoms with Gasteiger partial charge in [-0.2, -0.15) is 0 Å². The molecule has 2 atom stereocenters. The van der Waals surface area contributed by atoms with E-state index < -0.39 is 10.8 Å². The predicted molar refractivity (Wildman–Crippen MR) is 71.4 cm³/mol. The van der Waals surface area contributed by atoms with E-state index in [0.29, 0.717) is 18.3 Å². The Morgan fingerprint density at radius 1 is 1.35 bits per heavy atom. The zero-order chi connectivity index (χ0) is 12.7. The lowest BCUT2D eigenvalue weighted by molar-refractivity contribution is -0.121. The zero-order valence-electron chi connectivity index (χ0n) is 10.8. The SMILES string of the molecule is CC(CS(C)=O)NCC(=O)NC1CCCCC1. The van der Waals surface area contributed by atoms with Gasteiger partial charge < -0.3 is 10.6 Å². The number of hydrogen-bond donors (Lipinski definition) is 2. The maximum Gasteiger partial charge on any atom is 0.234 e. The van der Waals surface area contributed by atoms with Crippen molar-refractivity contribution in [3.8, 4) is 0 Å². The summed E-state index contributed by atoms with van der Waals surface area (Å²) in [5.41, 5.74) is 0. The van der Waals surface area contributed by atoms with Crippen LogP contribution in [0.2, 0.25) is 0 Å². The zero-order valence-corrected chi connectivity index (χ0v) is 11.6. The molecule has 1 fully saturated rings. The standard InChI is InChI=1S/C12H24N2O2S/c1-10(9-17(2)16)13-8-12(15)14-11-6-4-3-5-7-11/h10-11,13H,3-9H2,1-2H3,(H,14,15). The summed E-state index contributed by atoms with van der Waals surface area (Å²) in [6, 6.07) is 0.492. The topological polar surface area (TPSA) is 58.2 Å². The van der Waals surface area contributed by atoms with Crippen LogP contribution >= 0.6 is 0 Å². The summed E-state index contributed by atoms with van der Waals surface area (Å²) in [4.78, 5) is 11.7. The first kappa shape index (κ1) is 14.6. The molecule has 1 saturated carbocycles. The van der Waals surface area contributed by atoms with Gasteiger partial charge in [0, 0.05) is 34.9 Å². The van der Waals surface area contributed by atoms with Crippen molar-refractivity contribution in [2.45, 2.75) is 51.1 Å². The van der Waals surface area contributed by atoms with Gasteiger partial charge in [-0.05, 0) is 19.8 Å². The molecule has 1 rings (SSSR count). The Morgan fingerprint density at radius 2 is 2.00 bits per heavy atom. The minimum absolute atomic E-state index is 0.0608. The van der Waals surface area contributed by atoms with Crippen molar-refractivity contribution in [3.05, 3.63) is 0 Å². The Hall–Kier alpha value is -0.420. The van der Waals surface area contributed by atoms with E-state index in [1.807, 2.05) is 6.92 Å². The molecule has 0 aromatic carbocycles. The van der Waals surface area contributed by atoms with Gasteiger partial charge in [-0.25, -0.2) is 0 Å². The van der Waals surface area contributed by atoms with E-state index in [4.69, 9.17) is 0 Å². The van der Waals surface area contributed by atoms with Gasteiger partial charge in [-0.3, -0.25) is 9.00 Å². The van der Waals surface area contributed by atoms with Crippen molar-refractivity contribution in [1.82, 2.24) is 10.6 Å². The molecule has 1 aliphatic carbocycles. The summed E-state index contributed by atoms with van der Waals surface area (Å²) >= 11 is 0. The Balaban J connectivity index is 2.13. The molecule has 0 bridgehead atoms. The second-order valence-electron chi connectivity index (χ2n) is 4.92. The molecule has 0 aromatic heterocycles. The lowest BCUT2D eigenvalue weighted by atomic mass is 9.95. The van der Waals surface area contributed by atoms with Gasteiger partial charge in [-0.1, -0.05) is 19.3 Å². The van der Waals surface area contributed by atoms with Gasteiger partial charge in [0.25, 0.3) is 0 Å². The third-order valence-electron chi connectivity index (χ3n) is 3.07. The lowest BCUT2D eigenvalue weighted by Crippen LogP contribution is -2.44. The number of amides is 1. The molecule has 0 heterocycles. The first-order chi connectivity index (χ1) is 8.08. The average Bonchev–Trinajstić information content (AvgIpc) is 2.27. The van der Waals surface area contributed by atoms with Gasteiger partial charge in [-0.15, -0.1) is 0 Å². The Morgan fingerprint density at radius 3 is 2.59 bits per heavy atom. The van der Waals surface area contributed by atoms with Crippen LogP contribution in [0.15, 0.2) is 0 Å². The Kier molecular flexibility index (Phi) is 6.73. The van der Waals surface area contributed by atoms with Gasteiger partial charge in [0.15, 0.2) is 0 Å². The molecule has 100 valence electrons. The Labute approximate surface area is 106 Å². The van der Waals surface area contributed by atoms with Crippen molar-refractivity contribution >= 4 is 16.7 Å². The number of carbonyl (C=O) groups is 1. The molecule has 2 unspecified atom stereocenters. The number of rotatable bonds is 6. The minimum Gasteiger partial charge on any atom is -0.352 e. The molecule has 1 amide bonds. The lowest BCUT2D eigenvalue weighted by Gasteiger charge is -2.23. The Bertz CT molecular complexity index is 265. The van der Waals surface area contributed by atoms with Crippen LogP contribution in [0.3, 0.4) is 0 Å². The van der Waals surface area contributed by atoms with Gasteiger partial charge in [0.1, 0.15) is 0 Å². The van der Waals surface area contributed by atoms with Crippen LogP contribution in [0, 0.1) is 0 Å². The summed E-state index contributed by atoms with van der Waals surface area (Å²) in [6.45, 7) is 2.28. The van der Waals surface area contributed by atoms with E-state index in [-0.39, 0.29) is 11.9 Å². The molecule has 0 saturated heterocycles. The second kappa shape index (κ2) is 7.82. The number of nitrogens with one attached hydrogen (secondary N) is 2. The average molecular weight is 260 g/mol. The summed E-state index contributed by atoms with van der Waals surface area (Å²) in [6.07, 6.45) is 7.65. The summed E-state index contributed by atoms with van der Waals surface area (Å²) in [7, 11) is -0.811. The fourth-order valence-electron chi connectivity index (χ4n) is 2.20. The third-order valence-corrected chi connectivity index (χ3v) is 4.04.